The number of rotatable bonds is 4. The number of hydrogen-bond acceptors (Lipinski definition) is 4. The third-order valence-corrected chi connectivity index (χ3v) is 5.91. The normalized spacial score (nSPS) is 25.0. The highest BCUT2D eigenvalue weighted by Crippen LogP contribution is 2.27. The monoisotopic (exact) mass is 347 g/mol. The van der Waals surface area contributed by atoms with Crippen molar-refractivity contribution >= 4 is 11.9 Å². The van der Waals surface area contributed by atoms with Gasteiger partial charge in [-0.25, -0.2) is 4.79 Å². The summed E-state index contributed by atoms with van der Waals surface area (Å²) in [6.45, 7) is 3.61. The van der Waals surface area contributed by atoms with E-state index in [4.69, 9.17) is 0 Å². The molecule has 2 saturated heterocycles. The molecule has 0 spiro atoms. The molecule has 3 amide bonds. The molecular formula is C18H29N5O2. The molecule has 138 valence electrons. The van der Waals surface area contributed by atoms with E-state index in [-0.39, 0.29) is 11.9 Å². The van der Waals surface area contributed by atoms with E-state index in [1.807, 2.05) is 11.9 Å². The third-order valence-electron chi connectivity index (χ3n) is 5.91. The zero-order chi connectivity index (χ0) is 17.9. The molecule has 1 saturated carbocycles. The molecule has 3 rings (SSSR count). The van der Waals surface area contributed by atoms with Crippen LogP contribution < -0.4 is 5.32 Å². The Kier molecular flexibility index (Phi) is 5.48. The highest BCUT2D eigenvalue weighted by molar-refractivity contribution is 5.79. The van der Waals surface area contributed by atoms with Crippen molar-refractivity contribution in [1.29, 1.82) is 5.26 Å². The van der Waals surface area contributed by atoms with Gasteiger partial charge < -0.3 is 15.1 Å². The molecule has 3 aliphatic rings. The van der Waals surface area contributed by atoms with E-state index in [1.54, 1.807) is 4.90 Å². The number of nitriles is 1. The SMILES string of the molecule is CN1CCN(C2CCN(CC(=O)NC3(C#N)CCCCC3)CC2)C1=O. The van der Waals surface area contributed by atoms with E-state index in [2.05, 4.69) is 16.3 Å². The van der Waals surface area contributed by atoms with Crippen LogP contribution >= 0.6 is 0 Å². The molecule has 25 heavy (non-hydrogen) atoms. The van der Waals surface area contributed by atoms with Gasteiger partial charge in [-0.05, 0) is 25.7 Å². The molecule has 0 unspecified atom stereocenters. The van der Waals surface area contributed by atoms with Crippen LogP contribution in [0.15, 0.2) is 0 Å². The molecule has 1 N–H and O–H groups in total. The molecular weight excluding hydrogens is 318 g/mol. The lowest BCUT2D eigenvalue weighted by Crippen LogP contribution is -2.53. The van der Waals surface area contributed by atoms with Crippen molar-refractivity contribution in [2.75, 3.05) is 39.8 Å². The van der Waals surface area contributed by atoms with Gasteiger partial charge in [-0.2, -0.15) is 5.26 Å². The van der Waals surface area contributed by atoms with Crippen LogP contribution in [0.5, 0.6) is 0 Å². The maximum atomic E-state index is 12.4. The average Bonchev–Trinajstić information content (AvgIpc) is 2.95. The fraction of sp³-hybridized carbons (Fsp3) is 0.833. The predicted octanol–water partition coefficient (Wildman–Crippen LogP) is 1.16. The summed E-state index contributed by atoms with van der Waals surface area (Å²) in [5.41, 5.74) is -0.653. The zero-order valence-corrected chi connectivity index (χ0v) is 15.2. The molecule has 2 aliphatic heterocycles. The van der Waals surface area contributed by atoms with Crippen LogP contribution in [-0.4, -0.2) is 78.0 Å². The maximum absolute atomic E-state index is 12.4. The van der Waals surface area contributed by atoms with Crippen LogP contribution in [0, 0.1) is 11.3 Å². The summed E-state index contributed by atoms with van der Waals surface area (Å²) in [7, 11) is 1.85. The number of piperidine rings is 1. The Morgan fingerprint density at radius 1 is 1.20 bits per heavy atom. The van der Waals surface area contributed by atoms with Crippen molar-refractivity contribution in [3.8, 4) is 6.07 Å². The van der Waals surface area contributed by atoms with Crippen LogP contribution in [0.3, 0.4) is 0 Å². The van der Waals surface area contributed by atoms with Gasteiger partial charge in [0.2, 0.25) is 5.91 Å². The Labute approximate surface area is 149 Å². The average molecular weight is 347 g/mol. The molecule has 1 aliphatic carbocycles. The molecule has 7 nitrogen and oxygen atoms in total. The molecule has 7 heteroatoms. The minimum atomic E-state index is -0.653. The van der Waals surface area contributed by atoms with Crippen LogP contribution in [0.4, 0.5) is 4.79 Å². The van der Waals surface area contributed by atoms with Gasteiger partial charge in [0.25, 0.3) is 0 Å². The lowest BCUT2D eigenvalue weighted by Gasteiger charge is -2.37. The van der Waals surface area contributed by atoms with Crippen molar-refractivity contribution < 1.29 is 9.59 Å². The number of likely N-dealkylation sites (tertiary alicyclic amines) is 1. The van der Waals surface area contributed by atoms with Crippen LogP contribution in [0.1, 0.15) is 44.9 Å². The fourth-order valence-electron chi connectivity index (χ4n) is 4.33. The van der Waals surface area contributed by atoms with Gasteiger partial charge in [0.15, 0.2) is 0 Å². The number of nitrogens with zero attached hydrogens (tertiary/aromatic N) is 4. The van der Waals surface area contributed by atoms with E-state index in [0.29, 0.717) is 12.6 Å². The topological polar surface area (TPSA) is 79.7 Å². The first-order valence-corrected chi connectivity index (χ1v) is 9.49. The number of nitrogens with one attached hydrogen (secondary N) is 1. The second-order valence-corrected chi connectivity index (χ2v) is 7.71. The first-order valence-electron chi connectivity index (χ1n) is 9.49. The van der Waals surface area contributed by atoms with Crippen molar-refractivity contribution in [1.82, 2.24) is 20.0 Å². The summed E-state index contributed by atoms with van der Waals surface area (Å²) in [6, 6.07) is 2.76. The third kappa shape index (κ3) is 4.06. The minimum Gasteiger partial charge on any atom is -0.337 e. The van der Waals surface area contributed by atoms with Crippen molar-refractivity contribution in [3.63, 3.8) is 0 Å². The standard InChI is InChI=1S/C18H29N5O2/c1-21-11-12-23(17(21)25)15-5-9-22(10-6-15)13-16(24)20-18(14-19)7-3-2-4-8-18/h15H,2-13H2,1H3,(H,20,24). The molecule has 0 aromatic carbocycles. The smallest absolute Gasteiger partial charge is 0.320 e. The van der Waals surface area contributed by atoms with E-state index in [1.165, 1.54) is 0 Å². The Morgan fingerprint density at radius 3 is 2.44 bits per heavy atom. The Morgan fingerprint density at radius 2 is 1.88 bits per heavy atom. The van der Waals surface area contributed by atoms with Gasteiger partial charge in [0.05, 0.1) is 12.6 Å². The predicted molar refractivity (Wildman–Crippen MR) is 93.8 cm³/mol. The van der Waals surface area contributed by atoms with Crippen molar-refractivity contribution in [3.05, 3.63) is 0 Å². The molecule has 0 aromatic rings. The van der Waals surface area contributed by atoms with Crippen LogP contribution in [-0.2, 0) is 4.79 Å². The van der Waals surface area contributed by atoms with Gasteiger partial charge in [0.1, 0.15) is 5.54 Å². The molecule has 2 heterocycles. The quantitative estimate of drug-likeness (QED) is 0.828. The summed E-state index contributed by atoms with van der Waals surface area (Å²) < 4.78 is 0. The number of amides is 3. The van der Waals surface area contributed by atoms with Crippen molar-refractivity contribution in [2.45, 2.75) is 56.5 Å². The summed E-state index contributed by atoms with van der Waals surface area (Å²) in [5.74, 6) is -0.0427. The highest BCUT2D eigenvalue weighted by atomic mass is 16.2. The number of carbonyl (C=O) groups excluding carboxylic acids is 2. The highest BCUT2D eigenvalue weighted by Gasteiger charge is 2.36. The number of likely N-dealkylation sites (N-methyl/N-ethyl adjacent to an activating group) is 1. The van der Waals surface area contributed by atoms with Crippen molar-refractivity contribution in [2.24, 2.45) is 0 Å². The van der Waals surface area contributed by atoms with Crippen LogP contribution in [0.25, 0.3) is 0 Å². The van der Waals surface area contributed by atoms with Gasteiger partial charge in [-0.1, -0.05) is 19.3 Å². The summed E-state index contributed by atoms with van der Waals surface area (Å²) >= 11 is 0. The summed E-state index contributed by atoms with van der Waals surface area (Å²) in [4.78, 5) is 30.4. The molecule has 0 bridgehead atoms. The lowest BCUT2D eigenvalue weighted by molar-refractivity contribution is -0.124. The van der Waals surface area contributed by atoms with Gasteiger partial charge in [0, 0.05) is 39.3 Å². The van der Waals surface area contributed by atoms with E-state index >= 15 is 0 Å². The summed E-state index contributed by atoms with van der Waals surface area (Å²) in [5, 5.41) is 12.5. The Bertz CT molecular complexity index is 544. The summed E-state index contributed by atoms with van der Waals surface area (Å²) in [6.07, 6.45) is 6.53. The maximum Gasteiger partial charge on any atom is 0.320 e. The van der Waals surface area contributed by atoms with Gasteiger partial charge in [-0.15, -0.1) is 0 Å². The second-order valence-electron chi connectivity index (χ2n) is 7.71. The largest absolute Gasteiger partial charge is 0.337 e. The first-order chi connectivity index (χ1) is 12.0. The van der Waals surface area contributed by atoms with E-state index in [9.17, 15) is 14.9 Å². The minimum absolute atomic E-state index is 0.0427. The zero-order valence-electron chi connectivity index (χ0n) is 15.2. The Hall–Kier alpha value is -1.81. The van der Waals surface area contributed by atoms with Gasteiger partial charge in [-0.3, -0.25) is 9.69 Å². The van der Waals surface area contributed by atoms with Crippen LogP contribution in [0.2, 0.25) is 0 Å². The fourth-order valence-corrected chi connectivity index (χ4v) is 4.33. The molecule has 0 radical (unpaired) electrons. The molecule has 0 atom stereocenters. The number of urea groups is 1. The number of carbonyl (C=O) groups is 2. The molecule has 3 fully saturated rings. The van der Waals surface area contributed by atoms with E-state index in [0.717, 1.165) is 71.1 Å². The van der Waals surface area contributed by atoms with E-state index < -0.39 is 5.54 Å². The lowest BCUT2D eigenvalue weighted by atomic mass is 9.83. The van der Waals surface area contributed by atoms with Gasteiger partial charge >= 0.3 is 6.03 Å². The number of hydrogen-bond donors (Lipinski definition) is 1. The second kappa shape index (κ2) is 7.61. The first kappa shape index (κ1) is 18.0. The Balaban J connectivity index is 1.45. The molecule has 0 aromatic heterocycles.